The minimum absolute atomic E-state index is 0. The third-order valence-corrected chi connectivity index (χ3v) is 3.35. The lowest BCUT2D eigenvalue weighted by molar-refractivity contribution is -0.656. The van der Waals surface area contributed by atoms with Gasteiger partial charge in [-0.25, -0.2) is 4.79 Å². The number of amides is 1. The Labute approximate surface area is 125 Å². The van der Waals surface area contributed by atoms with Crippen LogP contribution in [0.2, 0.25) is 0 Å². The number of nitrogens with two attached hydrogens (primary N) is 1. The van der Waals surface area contributed by atoms with Gasteiger partial charge in [0.1, 0.15) is 0 Å². The van der Waals surface area contributed by atoms with Crippen molar-refractivity contribution in [2.45, 2.75) is 32.6 Å². The third-order valence-electron chi connectivity index (χ3n) is 2.93. The Morgan fingerprint density at radius 3 is 2.60 bits per heavy atom. The number of anilines is 1. The lowest BCUT2D eigenvalue weighted by atomic mass is 10.2. The summed E-state index contributed by atoms with van der Waals surface area (Å²) in [6.07, 6.45) is 0.730. The van der Waals surface area contributed by atoms with Crippen molar-refractivity contribution in [3.05, 3.63) is 29.8 Å². The van der Waals surface area contributed by atoms with Gasteiger partial charge in [0.2, 0.25) is 0 Å². The van der Waals surface area contributed by atoms with E-state index in [0.29, 0.717) is 5.69 Å². The predicted octanol–water partition coefficient (Wildman–Crippen LogP) is 1.23. The lowest BCUT2D eigenvalue weighted by Crippen LogP contribution is -2.89. The molecule has 1 fully saturated rings. The Morgan fingerprint density at radius 2 is 2.05 bits per heavy atom. The number of aromatic carboxylic acids is 1. The zero-order chi connectivity index (χ0) is 13.1. The molecule has 1 aromatic carbocycles. The van der Waals surface area contributed by atoms with Gasteiger partial charge in [0.05, 0.1) is 17.4 Å². The van der Waals surface area contributed by atoms with Crippen LogP contribution in [0.1, 0.15) is 31.6 Å². The maximum atomic E-state index is 11.9. The van der Waals surface area contributed by atoms with E-state index in [9.17, 15) is 9.59 Å². The number of thiol groups is 1. The second-order valence-corrected chi connectivity index (χ2v) is 5.07. The molecule has 6 heteroatoms. The SMILES string of the molecule is C.C.O=C(O)c1cccc(NC(=O)C2CC(S)C[NH2+]2)c1. The molecular formula is C14H23N2O3S+. The Morgan fingerprint density at radius 1 is 1.35 bits per heavy atom. The maximum absolute atomic E-state index is 11.9. The van der Waals surface area contributed by atoms with E-state index >= 15 is 0 Å². The highest BCUT2D eigenvalue weighted by atomic mass is 32.1. The van der Waals surface area contributed by atoms with Crippen molar-refractivity contribution in [3.8, 4) is 0 Å². The van der Waals surface area contributed by atoms with Crippen molar-refractivity contribution in [1.82, 2.24) is 0 Å². The summed E-state index contributed by atoms with van der Waals surface area (Å²) in [6.45, 7) is 0.830. The van der Waals surface area contributed by atoms with Crippen molar-refractivity contribution in [2.24, 2.45) is 0 Å². The first-order valence-electron chi connectivity index (χ1n) is 5.72. The van der Waals surface area contributed by atoms with Crippen molar-refractivity contribution >= 4 is 30.2 Å². The van der Waals surface area contributed by atoms with E-state index < -0.39 is 5.97 Å². The standard InChI is InChI=1S/C12H14N2O3S.2CH4/c15-11(10-5-9(18)6-13-10)14-8-3-1-2-7(4-8)12(16)17;;/h1-4,9-10,13,18H,5-6H2,(H,14,15)(H,16,17);2*1H4/p+1. The van der Waals surface area contributed by atoms with Crippen molar-refractivity contribution < 1.29 is 20.0 Å². The molecule has 2 unspecified atom stereocenters. The minimum Gasteiger partial charge on any atom is -0.478 e. The van der Waals surface area contributed by atoms with Crippen molar-refractivity contribution in [2.75, 3.05) is 11.9 Å². The molecule has 1 saturated heterocycles. The van der Waals surface area contributed by atoms with Gasteiger partial charge in [-0.15, -0.1) is 0 Å². The van der Waals surface area contributed by atoms with Gasteiger partial charge in [-0.2, -0.15) is 12.6 Å². The van der Waals surface area contributed by atoms with Gasteiger partial charge < -0.3 is 15.7 Å². The average Bonchev–Trinajstić information content (AvgIpc) is 2.76. The van der Waals surface area contributed by atoms with Crippen LogP contribution in [0.15, 0.2) is 24.3 Å². The Bertz CT molecular complexity index is 479. The quantitative estimate of drug-likeness (QED) is 0.634. The van der Waals surface area contributed by atoms with E-state index in [1.165, 1.54) is 12.1 Å². The van der Waals surface area contributed by atoms with E-state index in [4.69, 9.17) is 5.11 Å². The minimum atomic E-state index is -1.01. The molecule has 112 valence electrons. The Hall–Kier alpha value is -1.53. The summed E-state index contributed by atoms with van der Waals surface area (Å²) in [7, 11) is 0. The number of hydrogen-bond donors (Lipinski definition) is 4. The zero-order valence-electron chi connectivity index (χ0n) is 9.67. The van der Waals surface area contributed by atoms with Gasteiger partial charge in [0.15, 0.2) is 6.04 Å². The summed E-state index contributed by atoms with van der Waals surface area (Å²) in [5.74, 6) is -1.11. The first-order valence-corrected chi connectivity index (χ1v) is 6.23. The number of carboxylic acid groups (broad SMARTS) is 1. The van der Waals surface area contributed by atoms with Crippen LogP contribution in [0.25, 0.3) is 0 Å². The molecule has 5 nitrogen and oxygen atoms in total. The summed E-state index contributed by atoms with van der Waals surface area (Å²) < 4.78 is 0. The second-order valence-electron chi connectivity index (χ2n) is 4.34. The number of carbonyl (C=O) groups excluding carboxylic acids is 1. The summed E-state index contributed by atoms with van der Waals surface area (Å²) in [5.41, 5.74) is 0.672. The highest BCUT2D eigenvalue weighted by molar-refractivity contribution is 7.81. The smallest absolute Gasteiger partial charge is 0.335 e. The first kappa shape index (κ1) is 18.5. The molecule has 0 bridgehead atoms. The summed E-state index contributed by atoms with van der Waals surface area (Å²) >= 11 is 4.33. The van der Waals surface area contributed by atoms with E-state index in [-0.39, 0.29) is 37.6 Å². The summed E-state index contributed by atoms with van der Waals surface area (Å²) in [6, 6.07) is 6.09. The lowest BCUT2D eigenvalue weighted by Gasteiger charge is -2.09. The number of nitrogens with one attached hydrogen (secondary N) is 1. The normalized spacial score (nSPS) is 20.4. The molecule has 1 aromatic rings. The van der Waals surface area contributed by atoms with Crippen molar-refractivity contribution in [1.29, 1.82) is 0 Å². The molecule has 1 aliphatic rings. The van der Waals surface area contributed by atoms with Gasteiger partial charge >= 0.3 is 5.97 Å². The molecule has 20 heavy (non-hydrogen) atoms. The van der Waals surface area contributed by atoms with Crippen LogP contribution < -0.4 is 10.6 Å². The van der Waals surface area contributed by atoms with Gasteiger partial charge in [-0.1, -0.05) is 20.9 Å². The zero-order valence-corrected chi connectivity index (χ0v) is 10.6. The van der Waals surface area contributed by atoms with E-state index in [2.05, 4.69) is 17.9 Å². The average molecular weight is 299 g/mol. The molecule has 0 saturated carbocycles. The fourth-order valence-corrected chi connectivity index (χ4v) is 2.33. The number of carbonyl (C=O) groups is 2. The van der Waals surface area contributed by atoms with Gasteiger partial charge in [-0.3, -0.25) is 4.79 Å². The molecule has 1 amide bonds. The second kappa shape index (κ2) is 7.91. The number of quaternary nitrogens is 1. The number of rotatable bonds is 3. The Kier molecular flexibility index (Phi) is 7.31. The molecule has 1 heterocycles. The molecule has 0 spiro atoms. The van der Waals surface area contributed by atoms with E-state index in [1.54, 1.807) is 12.1 Å². The van der Waals surface area contributed by atoms with Crippen LogP contribution in [0, 0.1) is 0 Å². The van der Waals surface area contributed by atoms with Gasteiger partial charge in [0, 0.05) is 12.1 Å². The highest BCUT2D eigenvalue weighted by Crippen LogP contribution is 2.13. The molecule has 0 radical (unpaired) electrons. The molecule has 2 atom stereocenters. The number of carboxylic acids is 1. The van der Waals surface area contributed by atoms with Gasteiger partial charge in [0.25, 0.3) is 5.91 Å². The summed E-state index contributed by atoms with van der Waals surface area (Å²) in [4.78, 5) is 22.7. The molecule has 2 rings (SSSR count). The predicted molar refractivity (Wildman–Crippen MR) is 83.5 cm³/mol. The van der Waals surface area contributed by atoms with Crippen LogP contribution in [-0.2, 0) is 4.79 Å². The Balaban J connectivity index is 0.00000180. The fourth-order valence-electron chi connectivity index (χ4n) is 1.99. The van der Waals surface area contributed by atoms with Crippen LogP contribution in [0.4, 0.5) is 5.69 Å². The maximum Gasteiger partial charge on any atom is 0.335 e. The van der Waals surface area contributed by atoms with Crippen LogP contribution >= 0.6 is 12.6 Å². The monoisotopic (exact) mass is 299 g/mol. The highest BCUT2D eigenvalue weighted by Gasteiger charge is 2.31. The summed E-state index contributed by atoms with van der Waals surface area (Å²) in [5, 5.41) is 13.8. The van der Waals surface area contributed by atoms with Gasteiger partial charge in [-0.05, 0) is 18.2 Å². The molecule has 4 N–H and O–H groups in total. The first-order chi connectivity index (χ1) is 8.56. The molecule has 0 aromatic heterocycles. The van der Waals surface area contributed by atoms with Crippen LogP contribution in [-0.4, -0.2) is 34.8 Å². The van der Waals surface area contributed by atoms with Crippen LogP contribution in [0.5, 0.6) is 0 Å². The van der Waals surface area contributed by atoms with Crippen molar-refractivity contribution in [3.63, 3.8) is 0 Å². The number of hydrogen-bond acceptors (Lipinski definition) is 3. The third kappa shape index (κ3) is 4.54. The van der Waals surface area contributed by atoms with E-state index in [0.717, 1.165) is 13.0 Å². The fraction of sp³-hybridized carbons (Fsp3) is 0.429. The molecule has 0 aliphatic carbocycles. The molecular weight excluding hydrogens is 276 g/mol. The topological polar surface area (TPSA) is 83.0 Å². The molecule has 1 aliphatic heterocycles. The number of benzene rings is 1. The van der Waals surface area contributed by atoms with E-state index in [1.807, 2.05) is 5.32 Å². The van der Waals surface area contributed by atoms with Crippen LogP contribution in [0.3, 0.4) is 0 Å². The largest absolute Gasteiger partial charge is 0.478 e.